The lowest BCUT2D eigenvalue weighted by Crippen LogP contribution is -2.06. The van der Waals surface area contributed by atoms with E-state index >= 15 is 0 Å². The molecule has 0 spiro atoms. The molecule has 0 aliphatic carbocycles. The van der Waals surface area contributed by atoms with Crippen molar-refractivity contribution < 1.29 is 26.4 Å². The molecule has 2 N–H and O–H groups in total. The fraction of sp³-hybridized carbons (Fsp3) is 0.200. The lowest BCUT2D eigenvalue weighted by Gasteiger charge is -2.06. The molecule has 0 unspecified atom stereocenters. The highest BCUT2D eigenvalue weighted by atomic mass is 32.2. The zero-order valence-corrected chi connectivity index (χ0v) is 10.4. The number of hydrogen-bond acceptors (Lipinski definition) is 5. The van der Waals surface area contributed by atoms with Crippen LogP contribution in [0.3, 0.4) is 0 Å². The Labute approximate surface area is 113 Å². The van der Waals surface area contributed by atoms with Crippen molar-refractivity contribution >= 4 is 11.8 Å². The molecule has 0 saturated heterocycles. The third-order valence-corrected chi connectivity index (χ3v) is 3.11. The first-order valence-corrected chi connectivity index (χ1v) is 6.09. The number of nitrogens with zero attached hydrogens (tertiary/aromatic N) is 2. The SMILES string of the molecule is NCc1nnc(SCc2c(F)c(F)c(F)c(F)c2F)o1. The average Bonchev–Trinajstić information content (AvgIpc) is 2.91. The van der Waals surface area contributed by atoms with Crippen molar-refractivity contribution in [2.24, 2.45) is 5.73 Å². The number of hydrogen-bond donors (Lipinski definition) is 1. The summed E-state index contributed by atoms with van der Waals surface area (Å²) in [7, 11) is 0. The van der Waals surface area contributed by atoms with Crippen LogP contribution in [-0.2, 0) is 12.3 Å². The second kappa shape index (κ2) is 5.75. The van der Waals surface area contributed by atoms with Crippen LogP contribution in [0.2, 0.25) is 0 Å². The summed E-state index contributed by atoms with van der Waals surface area (Å²) < 4.78 is 70.4. The number of benzene rings is 1. The summed E-state index contributed by atoms with van der Waals surface area (Å²) in [5.74, 6) is -10.4. The lowest BCUT2D eigenvalue weighted by molar-refractivity contribution is 0.372. The lowest BCUT2D eigenvalue weighted by atomic mass is 10.2. The molecule has 1 aromatic heterocycles. The van der Waals surface area contributed by atoms with E-state index in [1.54, 1.807) is 0 Å². The van der Waals surface area contributed by atoms with E-state index in [9.17, 15) is 22.0 Å². The van der Waals surface area contributed by atoms with Gasteiger partial charge in [-0.05, 0) is 0 Å². The number of nitrogens with two attached hydrogens (primary N) is 1. The Morgan fingerprint density at radius 3 is 1.95 bits per heavy atom. The van der Waals surface area contributed by atoms with Gasteiger partial charge >= 0.3 is 0 Å². The van der Waals surface area contributed by atoms with E-state index in [1.165, 1.54) is 0 Å². The minimum absolute atomic E-state index is 0.0317. The maximum atomic E-state index is 13.4. The molecular formula is C10H6F5N3OS. The van der Waals surface area contributed by atoms with Crippen LogP contribution in [0.5, 0.6) is 0 Å². The number of thioether (sulfide) groups is 1. The highest BCUT2D eigenvalue weighted by Crippen LogP contribution is 2.28. The molecule has 1 aromatic carbocycles. The minimum atomic E-state index is -2.20. The van der Waals surface area contributed by atoms with Gasteiger partial charge in [0.15, 0.2) is 23.3 Å². The van der Waals surface area contributed by atoms with Crippen LogP contribution in [-0.4, -0.2) is 10.2 Å². The number of rotatable bonds is 4. The van der Waals surface area contributed by atoms with Gasteiger partial charge in [0, 0.05) is 11.3 Å². The maximum absolute atomic E-state index is 13.4. The van der Waals surface area contributed by atoms with Crippen molar-refractivity contribution in [1.29, 1.82) is 0 Å². The van der Waals surface area contributed by atoms with Crippen molar-refractivity contribution in [1.82, 2.24) is 10.2 Å². The summed E-state index contributed by atoms with van der Waals surface area (Å²) in [6, 6.07) is 0. The fourth-order valence-corrected chi connectivity index (χ4v) is 2.06. The molecule has 0 amide bonds. The Morgan fingerprint density at radius 2 is 1.45 bits per heavy atom. The molecule has 10 heteroatoms. The predicted molar refractivity (Wildman–Crippen MR) is 58.0 cm³/mol. The highest BCUT2D eigenvalue weighted by molar-refractivity contribution is 7.98. The molecule has 2 rings (SSSR count). The Morgan fingerprint density at radius 1 is 0.900 bits per heavy atom. The van der Waals surface area contributed by atoms with E-state index in [0.29, 0.717) is 11.8 Å². The van der Waals surface area contributed by atoms with Crippen molar-refractivity contribution in [3.05, 3.63) is 40.5 Å². The Bertz CT molecular complexity index is 619. The van der Waals surface area contributed by atoms with Crippen LogP contribution >= 0.6 is 11.8 Å². The molecule has 4 nitrogen and oxygen atoms in total. The second-order valence-corrected chi connectivity index (χ2v) is 4.43. The first kappa shape index (κ1) is 14.7. The van der Waals surface area contributed by atoms with Crippen LogP contribution < -0.4 is 5.73 Å². The largest absolute Gasteiger partial charge is 0.415 e. The average molecular weight is 311 g/mol. The van der Waals surface area contributed by atoms with Crippen molar-refractivity contribution in [2.75, 3.05) is 0 Å². The van der Waals surface area contributed by atoms with Gasteiger partial charge in [0.1, 0.15) is 0 Å². The summed E-state index contributed by atoms with van der Waals surface area (Å²) >= 11 is 0.630. The smallest absolute Gasteiger partial charge is 0.276 e. The first-order valence-electron chi connectivity index (χ1n) is 5.11. The van der Waals surface area contributed by atoms with Gasteiger partial charge in [-0.1, -0.05) is 11.8 Å². The monoisotopic (exact) mass is 311 g/mol. The van der Waals surface area contributed by atoms with Crippen LogP contribution in [0, 0.1) is 29.1 Å². The molecule has 0 atom stereocenters. The molecule has 1 heterocycles. The number of halogens is 5. The van der Waals surface area contributed by atoms with E-state index in [-0.39, 0.29) is 17.7 Å². The highest BCUT2D eigenvalue weighted by Gasteiger charge is 2.25. The second-order valence-electron chi connectivity index (χ2n) is 3.50. The molecule has 2 aromatic rings. The maximum Gasteiger partial charge on any atom is 0.276 e. The van der Waals surface area contributed by atoms with Gasteiger partial charge in [-0.3, -0.25) is 0 Å². The van der Waals surface area contributed by atoms with Gasteiger partial charge in [-0.15, -0.1) is 10.2 Å². The van der Waals surface area contributed by atoms with Gasteiger partial charge in [0.05, 0.1) is 6.54 Å². The zero-order chi connectivity index (χ0) is 14.9. The van der Waals surface area contributed by atoms with Crippen LogP contribution in [0.15, 0.2) is 9.64 Å². The third kappa shape index (κ3) is 2.61. The third-order valence-electron chi connectivity index (χ3n) is 2.26. The van der Waals surface area contributed by atoms with Crippen LogP contribution in [0.4, 0.5) is 22.0 Å². The normalized spacial score (nSPS) is 11.1. The summed E-state index contributed by atoms with van der Waals surface area (Å²) in [6.45, 7) is -0.0317. The molecule has 20 heavy (non-hydrogen) atoms. The molecule has 0 aliphatic heterocycles. The van der Waals surface area contributed by atoms with Gasteiger partial charge in [-0.25, -0.2) is 22.0 Å². The van der Waals surface area contributed by atoms with Crippen molar-refractivity contribution in [2.45, 2.75) is 17.5 Å². The molecule has 0 bridgehead atoms. The van der Waals surface area contributed by atoms with E-state index in [2.05, 4.69) is 10.2 Å². The van der Waals surface area contributed by atoms with Crippen LogP contribution in [0.25, 0.3) is 0 Å². The first-order chi connectivity index (χ1) is 9.45. The summed E-state index contributed by atoms with van der Waals surface area (Å²) in [4.78, 5) is 0. The van der Waals surface area contributed by atoms with Gasteiger partial charge in [-0.2, -0.15) is 0 Å². The van der Waals surface area contributed by atoms with E-state index < -0.39 is 40.4 Å². The van der Waals surface area contributed by atoms with Crippen molar-refractivity contribution in [3.8, 4) is 0 Å². The fourth-order valence-electron chi connectivity index (χ4n) is 1.29. The topological polar surface area (TPSA) is 64.9 Å². The van der Waals surface area contributed by atoms with Gasteiger partial charge in [0.25, 0.3) is 5.22 Å². The van der Waals surface area contributed by atoms with Gasteiger partial charge in [0.2, 0.25) is 11.7 Å². The number of aromatic nitrogens is 2. The molecule has 0 saturated carbocycles. The van der Waals surface area contributed by atoms with Crippen LogP contribution in [0.1, 0.15) is 11.5 Å². The summed E-state index contributed by atoms with van der Waals surface area (Å²) in [6.07, 6.45) is 0. The Hall–Kier alpha value is -1.68. The molecule has 0 radical (unpaired) electrons. The van der Waals surface area contributed by atoms with E-state index in [4.69, 9.17) is 10.2 Å². The molecular weight excluding hydrogens is 305 g/mol. The van der Waals surface area contributed by atoms with E-state index in [0.717, 1.165) is 0 Å². The Balaban J connectivity index is 2.25. The summed E-state index contributed by atoms with van der Waals surface area (Å²) in [5, 5.41) is 6.88. The Kier molecular flexibility index (Phi) is 4.23. The quantitative estimate of drug-likeness (QED) is 0.407. The van der Waals surface area contributed by atoms with Gasteiger partial charge < -0.3 is 10.2 Å². The summed E-state index contributed by atoms with van der Waals surface area (Å²) in [5.41, 5.74) is 4.25. The standard InChI is InChI=1S/C10H6F5N3OS/c11-5-3(6(12)8(14)9(15)7(5)13)2-20-10-18-17-4(1-16)19-10/h1-2,16H2. The van der Waals surface area contributed by atoms with Crippen molar-refractivity contribution in [3.63, 3.8) is 0 Å². The molecule has 0 aliphatic rings. The van der Waals surface area contributed by atoms with E-state index in [1.807, 2.05) is 0 Å². The molecule has 108 valence electrons. The predicted octanol–water partition coefficient (Wildman–Crippen LogP) is 2.52. The molecule has 0 fully saturated rings. The zero-order valence-electron chi connectivity index (χ0n) is 9.59. The minimum Gasteiger partial charge on any atom is -0.415 e.